The number of epoxide rings is 1. The van der Waals surface area contributed by atoms with E-state index in [-0.39, 0.29) is 6.09 Å². The zero-order chi connectivity index (χ0) is 13.1. The average molecular weight is 261 g/mol. The molecule has 0 saturated carbocycles. The zero-order valence-corrected chi connectivity index (χ0v) is 11.0. The number of carbonyl (C=O) groups is 1. The second-order valence-corrected chi connectivity index (χ2v) is 5.24. The molecule has 2 aliphatic heterocycles. The maximum atomic E-state index is 11.9. The Balaban J connectivity index is 1.43. The Hall–Kier alpha value is -1.55. The summed E-state index contributed by atoms with van der Waals surface area (Å²) in [5.74, 6) is 0.637. The quantitative estimate of drug-likeness (QED) is 0.785. The van der Waals surface area contributed by atoms with Crippen LogP contribution in [0.25, 0.3) is 0 Å². The molecule has 2 heterocycles. The minimum atomic E-state index is -0.195. The lowest BCUT2D eigenvalue weighted by molar-refractivity contribution is 0.0792. The first kappa shape index (κ1) is 12.5. The van der Waals surface area contributed by atoms with Crippen LogP contribution < -0.4 is 0 Å². The highest BCUT2D eigenvalue weighted by atomic mass is 16.6. The van der Waals surface area contributed by atoms with E-state index in [2.05, 4.69) is 0 Å². The van der Waals surface area contributed by atoms with Crippen molar-refractivity contribution in [3.8, 4) is 0 Å². The molecule has 0 aromatic heterocycles. The van der Waals surface area contributed by atoms with Crippen LogP contribution in [0.1, 0.15) is 18.4 Å². The Morgan fingerprint density at radius 3 is 2.58 bits per heavy atom. The highest BCUT2D eigenvalue weighted by molar-refractivity contribution is 5.67. The van der Waals surface area contributed by atoms with Gasteiger partial charge in [-0.15, -0.1) is 0 Å². The standard InChI is InChI=1S/C15H19NO3/c17-15(19-10-12-4-2-1-3-5-12)16-8-6-13(7-9-16)14-11-18-14/h1-5,13-14H,6-11H2/t14-/m1/s1. The highest BCUT2D eigenvalue weighted by Crippen LogP contribution is 2.29. The van der Waals surface area contributed by atoms with E-state index in [1.54, 1.807) is 0 Å². The van der Waals surface area contributed by atoms with Crippen LogP contribution in [-0.2, 0) is 16.1 Å². The summed E-state index contributed by atoms with van der Waals surface area (Å²) in [5, 5.41) is 0. The second-order valence-electron chi connectivity index (χ2n) is 5.24. The highest BCUT2D eigenvalue weighted by Gasteiger charge is 2.35. The van der Waals surface area contributed by atoms with Gasteiger partial charge in [-0.25, -0.2) is 4.79 Å². The van der Waals surface area contributed by atoms with Crippen molar-refractivity contribution in [3.63, 3.8) is 0 Å². The van der Waals surface area contributed by atoms with Gasteiger partial charge in [0.15, 0.2) is 0 Å². The van der Waals surface area contributed by atoms with Gasteiger partial charge in [0.05, 0.1) is 12.7 Å². The number of benzene rings is 1. The number of nitrogens with zero attached hydrogens (tertiary/aromatic N) is 1. The second kappa shape index (κ2) is 5.61. The molecule has 4 nitrogen and oxygen atoms in total. The van der Waals surface area contributed by atoms with E-state index in [0.717, 1.165) is 38.1 Å². The molecule has 102 valence electrons. The van der Waals surface area contributed by atoms with Crippen LogP contribution in [0.3, 0.4) is 0 Å². The molecule has 1 atom stereocenters. The first-order valence-electron chi connectivity index (χ1n) is 6.90. The van der Waals surface area contributed by atoms with E-state index in [1.165, 1.54) is 0 Å². The van der Waals surface area contributed by atoms with Gasteiger partial charge < -0.3 is 14.4 Å². The molecular weight excluding hydrogens is 242 g/mol. The molecule has 2 aliphatic rings. The van der Waals surface area contributed by atoms with Crippen molar-refractivity contribution in [1.29, 1.82) is 0 Å². The van der Waals surface area contributed by atoms with Crippen molar-refractivity contribution in [1.82, 2.24) is 4.90 Å². The number of amides is 1. The molecule has 2 fully saturated rings. The third kappa shape index (κ3) is 3.26. The van der Waals surface area contributed by atoms with Crippen LogP contribution in [0.2, 0.25) is 0 Å². The van der Waals surface area contributed by atoms with Crippen LogP contribution in [-0.4, -0.2) is 36.8 Å². The van der Waals surface area contributed by atoms with E-state index >= 15 is 0 Å². The van der Waals surface area contributed by atoms with Crippen molar-refractivity contribution >= 4 is 6.09 Å². The Labute approximate surface area is 113 Å². The normalized spacial score (nSPS) is 23.2. The SMILES string of the molecule is O=C(OCc1ccccc1)N1CCC([C@H]2CO2)CC1. The van der Waals surface area contributed by atoms with E-state index in [0.29, 0.717) is 18.6 Å². The molecule has 2 saturated heterocycles. The summed E-state index contributed by atoms with van der Waals surface area (Å²) in [7, 11) is 0. The number of carbonyl (C=O) groups excluding carboxylic acids is 1. The molecule has 1 aromatic rings. The molecule has 0 aliphatic carbocycles. The molecule has 4 heteroatoms. The first-order chi connectivity index (χ1) is 9.33. The van der Waals surface area contributed by atoms with Gasteiger partial charge in [0.1, 0.15) is 6.61 Å². The molecule has 1 amide bonds. The smallest absolute Gasteiger partial charge is 0.410 e. The third-order valence-corrected chi connectivity index (χ3v) is 3.89. The van der Waals surface area contributed by atoms with Crippen LogP contribution in [0.5, 0.6) is 0 Å². The zero-order valence-electron chi connectivity index (χ0n) is 11.0. The van der Waals surface area contributed by atoms with Crippen LogP contribution in [0.15, 0.2) is 30.3 Å². The van der Waals surface area contributed by atoms with Crippen LogP contribution >= 0.6 is 0 Å². The van der Waals surface area contributed by atoms with Gasteiger partial charge in [0.25, 0.3) is 0 Å². The predicted molar refractivity (Wildman–Crippen MR) is 70.7 cm³/mol. The summed E-state index contributed by atoms with van der Waals surface area (Å²) >= 11 is 0. The van der Waals surface area contributed by atoms with Crippen molar-refractivity contribution in [2.24, 2.45) is 5.92 Å². The number of likely N-dealkylation sites (tertiary alicyclic amines) is 1. The number of piperidine rings is 1. The van der Waals surface area contributed by atoms with E-state index in [1.807, 2.05) is 35.2 Å². The Bertz CT molecular complexity index is 422. The van der Waals surface area contributed by atoms with E-state index in [9.17, 15) is 4.79 Å². The minimum absolute atomic E-state index is 0.195. The van der Waals surface area contributed by atoms with E-state index in [4.69, 9.17) is 9.47 Å². The topological polar surface area (TPSA) is 42.1 Å². The fourth-order valence-electron chi connectivity index (χ4n) is 2.59. The number of ether oxygens (including phenoxy) is 2. The van der Waals surface area contributed by atoms with Crippen molar-refractivity contribution in [2.75, 3.05) is 19.7 Å². The molecule has 0 unspecified atom stereocenters. The Kier molecular flexibility index (Phi) is 3.69. The van der Waals surface area contributed by atoms with Gasteiger partial charge in [-0.05, 0) is 24.3 Å². The summed E-state index contributed by atoms with van der Waals surface area (Å²) in [4.78, 5) is 13.7. The fraction of sp³-hybridized carbons (Fsp3) is 0.533. The molecule has 19 heavy (non-hydrogen) atoms. The summed E-state index contributed by atoms with van der Waals surface area (Å²) < 4.78 is 10.6. The maximum Gasteiger partial charge on any atom is 0.410 e. The molecular formula is C15H19NO3. The molecule has 3 rings (SSSR count). The lowest BCUT2D eigenvalue weighted by Gasteiger charge is -2.30. The summed E-state index contributed by atoms with van der Waals surface area (Å²) in [6, 6.07) is 9.78. The Morgan fingerprint density at radius 2 is 1.95 bits per heavy atom. The molecule has 0 radical (unpaired) electrons. The monoisotopic (exact) mass is 261 g/mol. The molecule has 0 spiro atoms. The average Bonchev–Trinajstić information content (AvgIpc) is 3.31. The predicted octanol–water partition coefficient (Wildman–Crippen LogP) is 2.43. The molecule has 0 bridgehead atoms. The molecule has 1 aromatic carbocycles. The lowest BCUT2D eigenvalue weighted by atomic mass is 9.94. The van der Waals surface area contributed by atoms with Crippen LogP contribution in [0, 0.1) is 5.92 Å². The van der Waals surface area contributed by atoms with Crippen LogP contribution in [0.4, 0.5) is 4.79 Å². The lowest BCUT2D eigenvalue weighted by Crippen LogP contribution is -2.39. The van der Waals surface area contributed by atoms with Gasteiger partial charge in [-0.3, -0.25) is 0 Å². The fourth-order valence-corrected chi connectivity index (χ4v) is 2.59. The maximum absolute atomic E-state index is 11.9. The van der Waals surface area contributed by atoms with Crippen molar-refractivity contribution in [2.45, 2.75) is 25.6 Å². The summed E-state index contributed by atoms with van der Waals surface area (Å²) in [6.45, 7) is 2.84. The van der Waals surface area contributed by atoms with Crippen molar-refractivity contribution < 1.29 is 14.3 Å². The number of hydrogen-bond acceptors (Lipinski definition) is 3. The van der Waals surface area contributed by atoms with Gasteiger partial charge in [0, 0.05) is 13.1 Å². The van der Waals surface area contributed by atoms with Crippen molar-refractivity contribution in [3.05, 3.63) is 35.9 Å². The third-order valence-electron chi connectivity index (χ3n) is 3.89. The van der Waals surface area contributed by atoms with Gasteiger partial charge in [0.2, 0.25) is 0 Å². The summed E-state index contributed by atoms with van der Waals surface area (Å²) in [5.41, 5.74) is 1.03. The summed E-state index contributed by atoms with van der Waals surface area (Å²) in [6.07, 6.45) is 2.33. The molecule has 0 N–H and O–H groups in total. The van der Waals surface area contributed by atoms with E-state index < -0.39 is 0 Å². The number of hydrogen-bond donors (Lipinski definition) is 0. The number of rotatable bonds is 3. The van der Waals surface area contributed by atoms with Gasteiger partial charge in [-0.2, -0.15) is 0 Å². The minimum Gasteiger partial charge on any atom is -0.445 e. The van der Waals surface area contributed by atoms with Gasteiger partial charge in [-0.1, -0.05) is 30.3 Å². The first-order valence-corrected chi connectivity index (χ1v) is 6.90. The van der Waals surface area contributed by atoms with Gasteiger partial charge >= 0.3 is 6.09 Å². The largest absolute Gasteiger partial charge is 0.445 e. The Morgan fingerprint density at radius 1 is 1.26 bits per heavy atom.